The van der Waals surface area contributed by atoms with Crippen molar-refractivity contribution < 1.29 is 19.0 Å². The molecule has 2 aliphatic rings. The second kappa shape index (κ2) is 14.0. The summed E-state index contributed by atoms with van der Waals surface area (Å²) >= 11 is 0. The summed E-state index contributed by atoms with van der Waals surface area (Å²) in [7, 11) is 2.15. The third-order valence-electron chi connectivity index (χ3n) is 5.11. The van der Waals surface area contributed by atoms with Crippen molar-refractivity contribution in [3.8, 4) is 5.75 Å². The number of rotatable bonds is 8. The first-order valence-electron chi connectivity index (χ1n) is 9.82. The molecule has 166 valence electrons. The maximum atomic E-state index is 12.1. The molecule has 9 heteroatoms. The molecule has 1 unspecified atom stereocenters. The van der Waals surface area contributed by atoms with Gasteiger partial charge in [0.1, 0.15) is 18.5 Å². The van der Waals surface area contributed by atoms with Crippen LogP contribution in [0.15, 0.2) is 24.3 Å². The number of benzene rings is 1. The highest BCUT2D eigenvalue weighted by Gasteiger charge is 2.21. The molecule has 0 aliphatic carbocycles. The summed E-state index contributed by atoms with van der Waals surface area (Å²) in [6.07, 6.45) is 1.77. The molecular weight excluding hydrogens is 417 g/mol. The second-order valence-electron chi connectivity index (χ2n) is 7.10. The lowest BCUT2D eigenvalue weighted by molar-refractivity contribution is -0.134. The van der Waals surface area contributed by atoms with Crippen molar-refractivity contribution in [2.24, 2.45) is 0 Å². The monoisotopic (exact) mass is 449 g/mol. The SMILES string of the molecule is CN(CCOc1cccc(CNC(=O)C2CNCCO2)c1)C1CCOCC1.Cl.Cl. The van der Waals surface area contributed by atoms with E-state index in [4.69, 9.17) is 14.2 Å². The van der Waals surface area contributed by atoms with Gasteiger partial charge < -0.3 is 24.8 Å². The Hall–Kier alpha value is -1.09. The van der Waals surface area contributed by atoms with Gasteiger partial charge in [-0.15, -0.1) is 24.8 Å². The van der Waals surface area contributed by atoms with Gasteiger partial charge in [-0.25, -0.2) is 0 Å². The van der Waals surface area contributed by atoms with Crippen molar-refractivity contribution in [1.29, 1.82) is 0 Å². The lowest BCUT2D eigenvalue weighted by atomic mass is 10.1. The number of likely N-dealkylation sites (N-methyl/N-ethyl adjacent to an activating group) is 1. The second-order valence-corrected chi connectivity index (χ2v) is 7.10. The van der Waals surface area contributed by atoms with Crippen LogP contribution in [0.5, 0.6) is 5.75 Å². The first kappa shape index (κ1) is 25.9. The number of nitrogens with one attached hydrogen (secondary N) is 2. The number of ether oxygens (including phenoxy) is 3. The molecule has 3 rings (SSSR count). The van der Waals surface area contributed by atoms with Gasteiger partial charge >= 0.3 is 0 Å². The molecule has 2 saturated heterocycles. The molecule has 2 N–H and O–H groups in total. The van der Waals surface area contributed by atoms with Crippen molar-refractivity contribution >= 4 is 30.7 Å². The Kier molecular flexibility index (Phi) is 12.5. The van der Waals surface area contributed by atoms with Crippen LogP contribution in [-0.4, -0.2) is 76.1 Å². The predicted molar refractivity (Wildman–Crippen MR) is 117 cm³/mol. The number of nitrogens with zero attached hydrogens (tertiary/aromatic N) is 1. The lowest BCUT2D eigenvalue weighted by Gasteiger charge is -2.31. The van der Waals surface area contributed by atoms with Gasteiger partial charge in [-0.1, -0.05) is 12.1 Å². The van der Waals surface area contributed by atoms with Gasteiger partial charge in [0.15, 0.2) is 0 Å². The van der Waals surface area contributed by atoms with Gasteiger partial charge in [0.2, 0.25) is 0 Å². The van der Waals surface area contributed by atoms with Crippen molar-refractivity contribution in [3.05, 3.63) is 29.8 Å². The van der Waals surface area contributed by atoms with E-state index in [1.807, 2.05) is 24.3 Å². The Morgan fingerprint density at radius 3 is 2.79 bits per heavy atom. The van der Waals surface area contributed by atoms with E-state index in [2.05, 4.69) is 22.6 Å². The van der Waals surface area contributed by atoms with Gasteiger partial charge in [-0.2, -0.15) is 0 Å². The van der Waals surface area contributed by atoms with Crippen LogP contribution in [0.2, 0.25) is 0 Å². The van der Waals surface area contributed by atoms with E-state index in [0.29, 0.717) is 32.3 Å². The smallest absolute Gasteiger partial charge is 0.250 e. The van der Waals surface area contributed by atoms with Crippen LogP contribution < -0.4 is 15.4 Å². The van der Waals surface area contributed by atoms with E-state index >= 15 is 0 Å². The van der Waals surface area contributed by atoms with E-state index in [1.165, 1.54) is 0 Å². The third kappa shape index (κ3) is 8.66. The molecule has 0 aromatic heterocycles. The summed E-state index contributed by atoms with van der Waals surface area (Å²) < 4.78 is 16.8. The number of carbonyl (C=O) groups is 1. The summed E-state index contributed by atoms with van der Waals surface area (Å²) in [5.74, 6) is 0.754. The normalized spacial score (nSPS) is 19.7. The summed E-state index contributed by atoms with van der Waals surface area (Å²) in [5, 5.41) is 6.10. The molecule has 2 fully saturated rings. The van der Waals surface area contributed by atoms with E-state index in [-0.39, 0.29) is 30.7 Å². The number of halogens is 2. The summed E-state index contributed by atoms with van der Waals surface area (Å²) in [4.78, 5) is 14.5. The molecule has 0 radical (unpaired) electrons. The first-order chi connectivity index (χ1) is 13.2. The summed E-state index contributed by atoms with van der Waals surface area (Å²) in [6, 6.07) is 8.46. The minimum atomic E-state index is -0.404. The number of amides is 1. The van der Waals surface area contributed by atoms with Gasteiger partial charge in [0, 0.05) is 45.4 Å². The molecule has 1 atom stereocenters. The van der Waals surface area contributed by atoms with E-state index in [1.54, 1.807) is 0 Å². The minimum absolute atomic E-state index is 0. The highest BCUT2D eigenvalue weighted by atomic mass is 35.5. The zero-order valence-electron chi connectivity index (χ0n) is 16.9. The quantitative estimate of drug-likeness (QED) is 0.628. The average molecular weight is 450 g/mol. The molecule has 0 bridgehead atoms. The number of hydrogen-bond donors (Lipinski definition) is 2. The van der Waals surface area contributed by atoms with Crippen LogP contribution in [-0.2, 0) is 20.8 Å². The van der Waals surface area contributed by atoms with Crippen molar-refractivity contribution in [2.75, 3.05) is 53.1 Å². The number of morpholine rings is 1. The van der Waals surface area contributed by atoms with Crippen molar-refractivity contribution in [1.82, 2.24) is 15.5 Å². The molecule has 2 aliphatic heterocycles. The Bertz CT molecular complexity index is 597. The molecule has 29 heavy (non-hydrogen) atoms. The van der Waals surface area contributed by atoms with E-state index in [9.17, 15) is 4.79 Å². The van der Waals surface area contributed by atoms with Gasteiger partial charge in [-0.05, 0) is 37.6 Å². The molecule has 1 aromatic rings. The maximum Gasteiger partial charge on any atom is 0.250 e. The van der Waals surface area contributed by atoms with Crippen LogP contribution >= 0.6 is 24.8 Å². The van der Waals surface area contributed by atoms with Crippen LogP contribution in [0.4, 0.5) is 0 Å². The summed E-state index contributed by atoms with van der Waals surface area (Å²) in [5.41, 5.74) is 1.02. The van der Waals surface area contributed by atoms with Gasteiger partial charge in [-0.3, -0.25) is 9.69 Å². The Labute approximate surface area is 185 Å². The largest absolute Gasteiger partial charge is 0.492 e. The van der Waals surface area contributed by atoms with E-state index < -0.39 is 6.10 Å². The molecule has 1 aromatic carbocycles. The molecule has 0 spiro atoms. The minimum Gasteiger partial charge on any atom is -0.492 e. The van der Waals surface area contributed by atoms with Crippen molar-refractivity contribution in [2.45, 2.75) is 31.5 Å². The fourth-order valence-electron chi connectivity index (χ4n) is 3.40. The molecule has 7 nitrogen and oxygen atoms in total. The maximum absolute atomic E-state index is 12.1. The van der Waals surface area contributed by atoms with Crippen molar-refractivity contribution in [3.63, 3.8) is 0 Å². The Morgan fingerprint density at radius 2 is 2.07 bits per heavy atom. The lowest BCUT2D eigenvalue weighted by Crippen LogP contribution is -2.47. The number of carbonyl (C=O) groups excluding carboxylic acids is 1. The molecule has 1 amide bonds. The summed E-state index contributed by atoms with van der Waals surface area (Å²) in [6.45, 7) is 5.64. The molecule has 2 heterocycles. The van der Waals surface area contributed by atoms with Crippen LogP contribution in [0.1, 0.15) is 18.4 Å². The highest BCUT2D eigenvalue weighted by Crippen LogP contribution is 2.15. The zero-order chi connectivity index (χ0) is 18.9. The van der Waals surface area contributed by atoms with Gasteiger partial charge in [0.05, 0.1) is 6.61 Å². The average Bonchev–Trinajstić information content (AvgIpc) is 2.73. The number of hydrogen-bond acceptors (Lipinski definition) is 6. The predicted octanol–water partition coefficient (Wildman–Crippen LogP) is 1.62. The zero-order valence-corrected chi connectivity index (χ0v) is 18.6. The Morgan fingerprint density at radius 1 is 1.28 bits per heavy atom. The van der Waals surface area contributed by atoms with E-state index in [0.717, 1.165) is 50.5 Å². The highest BCUT2D eigenvalue weighted by molar-refractivity contribution is 5.85. The topological polar surface area (TPSA) is 72.1 Å². The fraction of sp³-hybridized carbons (Fsp3) is 0.650. The van der Waals surface area contributed by atoms with Gasteiger partial charge in [0.25, 0.3) is 5.91 Å². The Balaban J connectivity index is 0.00000210. The molecule has 0 saturated carbocycles. The van der Waals surface area contributed by atoms with Crippen LogP contribution in [0.3, 0.4) is 0 Å². The third-order valence-corrected chi connectivity index (χ3v) is 5.11. The fourth-order valence-corrected chi connectivity index (χ4v) is 3.40. The standard InChI is InChI=1S/C20H31N3O4.2ClH/c1-23(17-5-9-25-10-6-17)8-12-26-18-4-2-3-16(13-18)14-22-20(24)19-15-21-7-11-27-19;;/h2-4,13,17,19,21H,5-12,14-15H2,1H3,(H,22,24);2*1H. The van der Waals surface area contributed by atoms with Crippen LogP contribution in [0, 0.1) is 0 Å². The molecular formula is C20H33Cl2N3O4. The first-order valence-corrected chi connectivity index (χ1v) is 9.82. The van der Waals surface area contributed by atoms with Crippen LogP contribution in [0.25, 0.3) is 0 Å².